The number of hydrogen-bond donors (Lipinski definition) is 0. The zero-order valence-electron chi connectivity index (χ0n) is 5.81. The minimum absolute atomic E-state index is 0.491. The Morgan fingerprint density at radius 2 is 2.12 bits per heavy atom. The van der Waals surface area contributed by atoms with Crippen molar-refractivity contribution in [3.05, 3.63) is 0 Å². The van der Waals surface area contributed by atoms with Gasteiger partial charge in [-0.05, 0) is 13.3 Å². The van der Waals surface area contributed by atoms with E-state index < -0.39 is 0 Å². The first-order valence-corrected chi connectivity index (χ1v) is 4.07. The van der Waals surface area contributed by atoms with Crippen molar-refractivity contribution in [3.8, 4) is 0 Å². The van der Waals surface area contributed by atoms with Crippen LogP contribution in [-0.4, -0.2) is 22.6 Å². The summed E-state index contributed by atoms with van der Waals surface area (Å²) >= 11 is 0. The van der Waals surface area contributed by atoms with Gasteiger partial charge in [0.25, 0.3) is 0 Å². The van der Waals surface area contributed by atoms with E-state index in [0.29, 0.717) is 5.73 Å². The van der Waals surface area contributed by atoms with Crippen molar-refractivity contribution in [2.24, 2.45) is 0 Å². The van der Waals surface area contributed by atoms with Crippen molar-refractivity contribution in [1.82, 2.24) is 0 Å². The van der Waals surface area contributed by atoms with E-state index in [4.69, 9.17) is 4.74 Å². The van der Waals surface area contributed by atoms with Gasteiger partial charge in [0.1, 0.15) is 0 Å². The van der Waals surface area contributed by atoms with Crippen LogP contribution in [0, 0.1) is 0 Å². The molecule has 0 aliphatic carbocycles. The summed E-state index contributed by atoms with van der Waals surface area (Å²) in [6.07, 6.45) is 2.43. The lowest BCUT2D eigenvalue weighted by atomic mass is 10.4. The Bertz CT molecular complexity index is 41.8. The minimum Gasteiger partial charge on any atom is -0.383 e. The molecule has 0 fully saturated rings. The Kier molecular flexibility index (Phi) is 5.43. The predicted molar refractivity (Wildman–Crippen MR) is 38.9 cm³/mol. The van der Waals surface area contributed by atoms with Crippen LogP contribution in [0.1, 0.15) is 26.7 Å². The average molecular weight is 131 g/mol. The van der Waals surface area contributed by atoms with Crippen LogP contribution in [0.15, 0.2) is 0 Å². The average Bonchev–Trinajstić information content (AvgIpc) is 1.68. The first kappa shape index (κ1) is 8.18. The van der Waals surface area contributed by atoms with Crippen molar-refractivity contribution in [2.75, 3.05) is 6.61 Å². The smallest absolute Gasteiger partial charge is 0.0467 e. The summed E-state index contributed by atoms with van der Waals surface area (Å²) in [5.74, 6) is 0. The van der Waals surface area contributed by atoms with Crippen molar-refractivity contribution in [1.29, 1.82) is 0 Å². The van der Waals surface area contributed by atoms with E-state index in [1.807, 2.05) is 17.2 Å². The lowest BCUT2D eigenvalue weighted by Crippen LogP contribution is -2.11. The Morgan fingerprint density at radius 1 is 1.50 bits per heavy atom. The molecule has 2 heteroatoms. The van der Waals surface area contributed by atoms with E-state index in [0.717, 1.165) is 6.61 Å². The summed E-state index contributed by atoms with van der Waals surface area (Å²) in [7, 11) is 1.93. The Labute approximate surface area is 54.8 Å². The predicted octanol–water partition coefficient (Wildman–Crippen LogP) is 0.782. The zero-order valence-corrected chi connectivity index (χ0v) is 7.23. The fraction of sp³-hybridized carbons (Fsp3) is 1.00. The molecule has 0 amide bonds. The van der Waals surface area contributed by atoms with Crippen LogP contribution >= 0.6 is 0 Å². The van der Waals surface area contributed by atoms with Gasteiger partial charge in [-0.3, -0.25) is 0 Å². The van der Waals surface area contributed by atoms with E-state index in [1.54, 1.807) is 0 Å². The fourth-order valence-electron chi connectivity index (χ4n) is 0.641. The van der Waals surface area contributed by atoms with Gasteiger partial charge in [0.05, 0.1) is 0 Å². The minimum atomic E-state index is 0.491. The highest BCUT2D eigenvalue weighted by atomic mass is 28.1. The quantitative estimate of drug-likeness (QED) is 0.512. The zero-order chi connectivity index (χ0) is 6.41. The summed E-state index contributed by atoms with van der Waals surface area (Å²) in [6, 6.07) is 0. The molecule has 0 aliphatic rings. The molecule has 8 heavy (non-hydrogen) atoms. The second-order valence-electron chi connectivity index (χ2n) is 1.87. The maximum absolute atomic E-state index is 5.29. The van der Waals surface area contributed by atoms with Crippen molar-refractivity contribution >= 4 is 10.2 Å². The molecule has 49 valence electrons. The van der Waals surface area contributed by atoms with E-state index in [9.17, 15) is 0 Å². The van der Waals surface area contributed by atoms with Gasteiger partial charge in [-0.25, -0.2) is 0 Å². The van der Waals surface area contributed by atoms with Crippen LogP contribution in [-0.2, 0) is 4.74 Å². The molecule has 0 heterocycles. The largest absolute Gasteiger partial charge is 0.383 e. The molecule has 1 radical (unpaired) electrons. The third-order valence-electron chi connectivity index (χ3n) is 1.01. The van der Waals surface area contributed by atoms with Crippen LogP contribution in [0.2, 0.25) is 0 Å². The normalized spacial score (nSPS) is 13.9. The molecule has 0 aromatic heterocycles. The molecule has 0 aliphatic heterocycles. The van der Waals surface area contributed by atoms with Crippen LogP contribution < -0.4 is 0 Å². The summed E-state index contributed by atoms with van der Waals surface area (Å²) in [5.41, 5.74) is 0.491. The van der Waals surface area contributed by atoms with Gasteiger partial charge in [0, 0.05) is 22.6 Å². The molecule has 0 saturated carbocycles. The second-order valence-corrected chi connectivity index (χ2v) is 2.78. The Morgan fingerprint density at radius 3 is 2.50 bits per heavy atom. The molecular weight excluding hydrogens is 116 g/mol. The molecule has 0 aromatic rings. The maximum atomic E-state index is 5.29. The van der Waals surface area contributed by atoms with Gasteiger partial charge in [0.15, 0.2) is 0 Å². The molecule has 1 atom stereocenters. The maximum Gasteiger partial charge on any atom is 0.0467 e. The van der Waals surface area contributed by atoms with Gasteiger partial charge < -0.3 is 4.74 Å². The summed E-state index contributed by atoms with van der Waals surface area (Å²) < 4.78 is 5.29. The molecule has 1 unspecified atom stereocenters. The standard InChI is InChI=1S/C6H15OSi/c1-3-5-6(8)7-4-2/h6H,3-5,8H2,1-2H3. The van der Waals surface area contributed by atoms with E-state index in [-0.39, 0.29) is 0 Å². The lowest BCUT2D eigenvalue weighted by molar-refractivity contribution is 0.113. The Balaban J connectivity index is 2.92. The van der Waals surface area contributed by atoms with Gasteiger partial charge in [-0.2, -0.15) is 0 Å². The van der Waals surface area contributed by atoms with Crippen molar-refractivity contribution in [3.63, 3.8) is 0 Å². The van der Waals surface area contributed by atoms with Crippen molar-refractivity contribution < 1.29 is 4.74 Å². The van der Waals surface area contributed by atoms with Gasteiger partial charge in [0.2, 0.25) is 0 Å². The van der Waals surface area contributed by atoms with Crippen LogP contribution in [0.25, 0.3) is 0 Å². The van der Waals surface area contributed by atoms with Gasteiger partial charge in [-0.15, -0.1) is 0 Å². The highest BCUT2D eigenvalue weighted by Crippen LogP contribution is 1.95. The molecule has 0 saturated heterocycles. The van der Waals surface area contributed by atoms with Crippen LogP contribution in [0.5, 0.6) is 0 Å². The molecule has 0 aromatic carbocycles. The lowest BCUT2D eigenvalue weighted by Gasteiger charge is -2.08. The Hall–Kier alpha value is 0.177. The van der Waals surface area contributed by atoms with Gasteiger partial charge in [-0.1, -0.05) is 13.3 Å². The van der Waals surface area contributed by atoms with Gasteiger partial charge >= 0.3 is 0 Å². The molecule has 0 bridgehead atoms. The first-order chi connectivity index (χ1) is 3.81. The van der Waals surface area contributed by atoms with E-state index in [2.05, 4.69) is 6.92 Å². The third kappa shape index (κ3) is 4.34. The topological polar surface area (TPSA) is 9.23 Å². The second kappa shape index (κ2) is 5.32. The fourth-order valence-corrected chi connectivity index (χ4v) is 1.28. The van der Waals surface area contributed by atoms with E-state index >= 15 is 0 Å². The summed E-state index contributed by atoms with van der Waals surface area (Å²) in [6.45, 7) is 5.07. The SMILES string of the molecule is CCCC([SiH2])OCC. The molecule has 0 N–H and O–H groups in total. The molecular formula is C6H15OSi. The van der Waals surface area contributed by atoms with Crippen LogP contribution in [0.4, 0.5) is 0 Å². The highest BCUT2D eigenvalue weighted by molar-refractivity contribution is 6.10. The van der Waals surface area contributed by atoms with E-state index in [1.165, 1.54) is 12.8 Å². The number of rotatable bonds is 4. The summed E-state index contributed by atoms with van der Waals surface area (Å²) in [5, 5.41) is 0. The summed E-state index contributed by atoms with van der Waals surface area (Å²) in [4.78, 5) is 0. The highest BCUT2D eigenvalue weighted by Gasteiger charge is 1.95. The molecule has 0 spiro atoms. The number of ether oxygens (including phenoxy) is 1. The molecule has 1 nitrogen and oxygen atoms in total. The first-order valence-electron chi connectivity index (χ1n) is 3.26. The molecule has 0 rings (SSSR count). The van der Waals surface area contributed by atoms with Crippen molar-refractivity contribution in [2.45, 2.75) is 32.4 Å². The monoisotopic (exact) mass is 131 g/mol. The number of hydrogen-bond acceptors (Lipinski definition) is 1. The third-order valence-corrected chi connectivity index (χ3v) is 1.66. The van der Waals surface area contributed by atoms with Crippen LogP contribution in [0.3, 0.4) is 0 Å².